The summed E-state index contributed by atoms with van der Waals surface area (Å²) in [6, 6.07) is 4.97. The van der Waals surface area contributed by atoms with E-state index in [1.165, 1.54) is 6.07 Å². The standard InChI is InChI=1S/C12H15ClFNO/c13-10-4-1-3-9(11(10)14)7-15-12(8-16)5-2-6-12/h1,3-4,15-16H,2,5-8H2. The second-order valence-electron chi connectivity index (χ2n) is 4.36. The number of aliphatic hydroxyl groups is 1. The lowest BCUT2D eigenvalue weighted by atomic mass is 9.77. The van der Waals surface area contributed by atoms with Crippen molar-refractivity contribution in [2.45, 2.75) is 31.3 Å². The zero-order valence-corrected chi connectivity index (χ0v) is 9.73. The molecule has 2 N–H and O–H groups in total. The average molecular weight is 244 g/mol. The molecule has 2 rings (SSSR count). The lowest BCUT2D eigenvalue weighted by Gasteiger charge is -2.41. The van der Waals surface area contributed by atoms with Crippen molar-refractivity contribution >= 4 is 11.6 Å². The molecule has 1 aliphatic rings. The quantitative estimate of drug-likeness (QED) is 0.852. The average Bonchev–Trinajstić information content (AvgIpc) is 2.23. The molecule has 0 amide bonds. The number of halogens is 2. The van der Waals surface area contributed by atoms with Crippen LogP contribution in [-0.2, 0) is 6.54 Å². The highest BCUT2D eigenvalue weighted by Gasteiger charge is 2.35. The highest BCUT2D eigenvalue weighted by Crippen LogP contribution is 2.31. The van der Waals surface area contributed by atoms with E-state index in [0.29, 0.717) is 12.1 Å². The molecule has 0 unspecified atom stereocenters. The monoisotopic (exact) mass is 243 g/mol. The van der Waals surface area contributed by atoms with Crippen molar-refractivity contribution in [3.8, 4) is 0 Å². The Bertz CT molecular complexity index is 374. The van der Waals surface area contributed by atoms with E-state index in [1.54, 1.807) is 12.1 Å². The normalized spacial score (nSPS) is 18.2. The van der Waals surface area contributed by atoms with Crippen molar-refractivity contribution in [3.05, 3.63) is 34.6 Å². The first kappa shape index (κ1) is 11.8. The zero-order chi connectivity index (χ0) is 11.6. The Morgan fingerprint density at radius 2 is 2.19 bits per heavy atom. The molecule has 1 aliphatic carbocycles. The van der Waals surface area contributed by atoms with Crippen LogP contribution in [0.5, 0.6) is 0 Å². The van der Waals surface area contributed by atoms with Crippen LogP contribution in [0.3, 0.4) is 0 Å². The van der Waals surface area contributed by atoms with E-state index in [2.05, 4.69) is 5.32 Å². The Kier molecular flexibility index (Phi) is 3.47. The van der Waals surface area contributed by atoms with Gasteiger partial charge in [0.05, 0.1) is 11.6 Å². The lowest BCUT2D eigenvalue weighted by molar-refractivity contribution is 0.0869. The number of hydrogen-bond donors (Lipinski definition) is 2. The van der Waals surface area contributed by atoms with E-state index in [9.17, 15) is 9.50 Å². The molecular formula is C12H15ClFNO. The first-order chi connectivity index (χ1) is 7.67. The van der Waals surface area contributed by atoms with Crippen molar-refractivity contribution in [2.75, 3.05) is 6.61 Å². The number of aliphatic hydroxyl groups excluding tert-OH is 1. The molecule has 0 heterocycles. The smallest absolute Gasteiger partial charge is 0.146 e. The molecule has 1 aromatic rings. The third-order valence-corrected chi connectivity index (χ3v) is 3.59. The maximum Gasteiger partial charge on any atom is 0.146 e. The van der Waals surface area contributed by atoms with Crippen molar-refractivity contribution in [1.29, 1.82) is 0 Å². The summed E-state index contributed by atoms with van der Waals surface area (Å²) < 4.78 is 13.6. The van der Waals surface area contributed by atoms with Gasteiger partial charge in [0.1, 0.15) is 5.82 Å². The fraction of sp³-hybridized carbons (Fsp3) is 0.500. The highest BCUT2D eigenvalue weighted by molar-refractivity contribution is 6.30. The van der Waals surface area contributed by atoms with Crippen LogP contribution in [0.2, 0.25) is 5.02 Å². The van der Waals surface area contributed by atoms with Crippen molar-refractivity contribution in [3.63, 3.8) is 0 Å². The molecule has 0 spiro atoms. The first-order valence-electron chi connectivity index (χ1n) is 5.46. The van der Waals surface area contributed by atoms with Gasteiger partial charge >= 0.3 is 0 Å². The molecule has 4 heteroatoms. The summed E-state index contributed by atoms with van der Waals surface area (Å²) in [6.45, 7) is 0.516. The molecule has 16 heavy (non-hydrogen) atoms. The van der Waals surface area contributed by atoms with Gasteiger partial charge in [-0.3, -0.25) is 0 Å². The second-order valence-corrected chi connectivity index (χ2v) is 4.77. The van der Waals surface area contributed by atoms with Crippen LogP contribution in [0.4, 0.5) is 4.39 Å². The van der Waals surface area contributed by atoms with Crippen LogP contribution >= 0.6 is 11.6 Å². The summed E-state index contributed by atoms with van der Waals surface area (Å²) >= 11 is 5.69. The largest absolute Gasteiger partial charge is 0.394 e. The summed E-state index contributed by atoms with van der Waals surface area (Å²) in [4.78, 5) is 0. The van der Waals surface area contributed by atoms with E-state index in [1.807, 2.05) is 0 Å². The number of nitrogens with one attached hydrogen (secondary N) is 1. The lowest BCUT2D eigenvalue weighted by Crippen LogP contribution is -2.53. The summed E-state index contributed by atoms with van der Waals surface area (Å²) in [5.74, 6) is -0.371. The Balaban J connectivity index is 2.02. The van der Waals surface area contributed by atoms with Gasteiger partial charge in [0.2, 0.25) is 0 Å². The van der Waals surface area contributed by atoms with E-state index >= 15 is 0 Å². The molecule has 0 aliphatic heterocycles. The molecule has 88 valence electrons. The number of rotatable bonds is 4. The van der Waals surface area contributed by atoms with Gasteiger partial charge in [-0.2, -0.15) is 0 Å². The minimum absolute atomic E-state index is 0.106. The van der Waals surface area contributed by atoms with E-state index in [0.717, 1.165) is 19.3 Å². The molecule has 1 saturated carbocycles. The zero-order valence-electron chi connectivity index (χ0n) is 8.97. The molecule has 0 radical (unpaired) electrons. The molecule has 0 aromatic heterocycles. The van der Waals surface area contributed by atoms with Gasteiger partial charge in [0.15, 0.2) is 0 Å². The molecule has 0 bridgehead atoms. The van der Waals surface area contributed by atoms with Crippen LogP contribution in [0.1, 0.15) is 24.8 Å². The Morgan fingerprint density at radius 3 is 2.75 bits per heavy atom. The van der Waals surface area contributed by atoms with Gasteiger partial charge in [0.25, 0.3) is 0 Å². The third-order valence-electron chi connectivity index (χ3n) is 3.30. The van der Waals surface area contributed by atoms with Crippen LogP contribution in [0.15, 0.2) is 18.2 Å². The SMILES string of the molecule is OCC1(NCc2cccc(Cl)c2F)CCC1. The van der Waals surface area contributed by atoms with Crippen molar-refractivity contribution in [2.24, 2.45) is 0 Å². The second kappa shape index (κ2) is 4.70. The maximum atomic E-state index is 13.6. The minimum atomic E-state index is -0.371. The number of hydrogen-bond acceptors (Lipinski definition) is 2. The van der Waals surface area contributed by atoms with Gasteiger partial charge in [-0.25, -0.2) is 4.39 Å². The van der Waals surface area contributed by atoms with Gasteiger partial charge in [-0.1, -0.05) is 23.7 Å². The Labute approximate surface area is 99.4 Å². The topological polar surface area (TPSA) is 32.3 Å². The molecule has 0 atom stereocenters. The van der Waals surface area contributed by atoms with E-state index < -0.39 is 0 Å². The van der Waals surface area contributed by atoms with Crippen LogP contribution in [-0.4, -0.2) is 17.3 Å². The highest BCUT2D eigenvalue weighted by atomic mass is 35.5. The Hall–Kier alpha value is -0.640. The van der Waals surface area contributed by atoms with Crippen LogP contribution < -0.4 is 5.32 Å². The molecule has 1 aromatic carbocycles. The van der Waals surface area contributed by atoms with Crippen molar-refractivity contribution in [1.82, 2.24) is 5.32 Å². The first-order valence-corrected chi connectivity index (χ1v) is 5.83. The summed E-state index contributed by atoms with van der Waals surface area (Å²) in [5.41, 5.74) is 0.349. The molecular weight excluding hydrogens is 229 g/mol. The van der Waals surface area contributed by atoms with Gasteiger partial charge in [-0.05, 0) is 25.3 Å². The maximum absolute atomic E-state index is 13.6. The predicted octanol–water partition coefficient (Wildman–Crippen LogP) is 2.48. The summed E-state index contributed by atoms with van der Waals surface area (Å²) in [6.07, 6.45) is 3.02. The number of benzene rings is 1. The Morgan fingerprint density at radius 1 is 1.44 bits per heavy atom. The minimum Gasteiger partial charge on any atom is -0.394 e. The summed E-state index contributed by atoms with van der Waals surface area (Å²) in [7, 11) is 0. The van der Waals surface area contributed by atoms with Crippen LogP contribution in [0.25, 0.3) is 0 Å². The van der Waals surface area contributed by atoms with Gasteiger partial charge in [0, 0.05) is 17.6 Å². The summed E-state index contributed by atoms with van der Waals surface area (Å²) in [5, 5.41) is 12.6. The fourth-order valence-corrected chi connectivity index (χ4v) is 2.16. The van der Waals surface area contributed by atoms with Crippen molar-refractivity contribution < 1.29 is 9.50 Å². The van der Waals surface area contributed by atoms with Gasteiger partial charge in [-0.15, -0.1) is 0 Å². The van der Waals surface area contributed by atoms with Crippen LogP contribution in [0, 0.1) is 5.82 Å². The third kappa shape index (κ3) is 2.21. The van der Waals surface area contributed by atoms with E-state index in [4.69, 9.17) is 11.6 Å². The predicted molar refractivity (Wildman–Crippen MR) is 61.9 cm³/mol. The van der Waals surface area contributed by atoms with E-state index in [-0.39, 0.29) is 23.0 Å². The molecule has 2 nitrogen and oxygen atoms in total. The molecule has 1 fully saturated rings. The molecule has 0 saturated heterocycles. The fourth-order valence-electron chi connectivity index (χ4n) is 1.96. The van der Waals surface area contributed by atoms with Gasteiger partial charge < -0.3 is 10.4 Å².